The van der Waals surface area contributed by atoms with E-state index in [1.807, 2.05) is 0 Å². The smallest absolute Gasteiger partial charge is 0.186 e. The molecule has 0 aromatic heterocycles. The van der Waals surface area contributed by atoms with Gasteiger partial charge >= 0.3 is 0 Å². The van der Waals surface area contributed by atoms with Gasteiger partial charge in [-0.15, -0.1) is 0 Å². The maximum absolute atomic E-state index is 10.3. The van der Waals surface area contributed by atoms with Crippen LogP contribution in [0.1, 0.15) is 13.8 Å². The van der Waals surface area contributed by atoms with Gasteiger partial charge in [-0.1, -0.05) is 32.0 Å². The molecule has 0 heterocycles. The highest BCUT2D eigenvalue weighted by atomic mass is 32.2. The van der Waals surface area contributed by atoms with Crippen LogP contribution in [-0.4, -0.2) is 21.9 Å². The molecule has 0 bridgehead atoms. The minimum Gasteiger partial charge on any atom is -0.317 e. The first-order valence-corrected chi connectivity index (χ1v) is 5.69. The second kappa shape index (κ2) is 8.87. The monoisotopic (exact) mass is 215 g/mol. The van der Waals surface area contributed by atoms with Crippen LogP contribution in [0.5, 0.6) is 0 Å². The zero-order valence-corrected chi connectivity index (χ0v) is 9.38. The molecular weight excluding hydrogens is 198 g/mol. The number of hydrogen-bond acceptors (Lipinski definition) is 2. The Hall–Kier alpha value is -0.710. The molecule has 0 fully saturated rings. The molecule has 1 aromatic rings. The number of nitrogens with one attached hydrogen (secondary N) is 1. The van der Waals surface area contributed by atoms with Gasteiger partial charge in [0.15, 0.2) is 11.1 Å². The molecule has 4 heteroatoms. The summed E-state index contributed by atoms with van der Waals surface area (Å²) in [7, 11) is 0. The summed E-state index contributed by atoms with van der Waals surface area (Å²) >= 11 is -1.83. The van der Waals surface area contributed by atoms with Crippen LogP contribution in [-0.2, 0) is 11.1 Å². The average molecular weight is 215 g/mol. The molecule has 0 saturated carbocycles. The molecule has 0 aliphatic carbocycles. The summed E-state index contributed by atoms with van der Waals surface area (Å²) < 4.78 is 18.8. The van der Waals surface area contributed by atoms with E-state index < -0.39 is 11.1 Å². The van der Waals surface area contributed by atoms with Gasteiger partial charge in [-0.25, -0.2) is 4.21 Å². The molecule has 0 amide bonds. The maximum atomic E-state index is 10.3. The predicted octanol–water partition coefficient (Wildman–Crippen LogP) is 1.88. The van der Waals surface area contributed by atoms with E-state index in [2.05, 4.69) is 19.2 Å². The molecule has 0 spiro atoms. The van der Waals surface area contributed by atoms with E-state index in [1.54, 1.807) is 30.3 Å². The second-order valence-corrected chi connectivity index (χ2v) is 3.49. The largest absolute Gasteiger partial charge is 0.317 e. The summed E-state index contributed by atoms with van der Waals surface area (Å²) in [4.78, 5) is 0.442. The highest BCUT2D eigenvalue weighted by Crippen LogP contribution is 2.00. The highest BCUT2D eigenvalue weighted by molar-refractivity contribution is 7.79. The van der Waals surface area contributed by atoms with E-state index in [0.29, 0.717) is 4.90 Å². The van der Waals surface area contributed by atoms with Crippen molar-refractivity contribution in [2.24, 2.45) is 0 Å². The predicted molar refractivity (Wildman–Crippen MR) is 59.7 cm³/mol. The Labute approximate surface area is 87.8 Å². The van der Waals surface area contributed by atoms with Crippen molar-refractivity contribution in [2.45, 2.75) is 18.7 Å². The Balaban J connectivity index is 0.000000292. The van der Waals surface area contributed by atoms with Crippen LogP contribution in [0.15, 0.2) is 35.2 Å². The molecule has 1 unspecified atom stereocenters. The normalized spacial score (nSPS) is 11.4. The van der Waals surface area contributed by atoms with Gasteiger partial charge in [-0.05, 0) is 25.2 Å². The molecule has 3 nitrogen and oxygen atoms in total. The number of benzene rings is 1. The fourth-order valence-electron chi connectivity index (χ4n) is 0.787. The first kappa shape index (κ1) is 13.3. The third-order valence-corrected chi connectivity index (χ3v) is 2.12. The van der Waals surface area contributed by atoms with Crippen LogP contribution in [0.25, 0.3) is 0 Å². The van der Waals surface area contributed by atoms with Gasteiger partial charge in [0.25, 0.3) is 0 Å². The molecule has 1 aromatic carbocycles. The van der Waals surface area contributed by atoms with Gasteiger partial charge in [0.2, 0.25) is 0 Å². The van der Waals surface area contributed by atoms with Crippen molar-refractivity contribution in [2.75, 3.05) is 13.1 Å². The van der Waals surface area contributed by atoms with Gasteiger partial charge in [-0.3, -0.25) is 0 Å². The first-order chi connectivity index (χ1) is 6.72. The first-order valence-electron chi connectivity index (χ1n) is 4.59. The van der Waals surface area contributed by atoms with E-state index in [4.69, 9.17) is 4.55 Å². The minimum atomic E-state index is -1.83. The van der Waals surface area contributed by atoms with Crippen LogP contribution in [0, 0.1) is 0 Å². The summed E-state index contributed by atoms with van der Waals surface area (Å²) in [6, 6.07) is 8.47. The summed E-state index contributed by atoms with van der Waals surface area (Å²) in [5.74, 6) is 0. The van der Waals surface area contributed by atoms with E-state index >= 15 is 0 Å². The van der Waals surface area contributed by atoms with Crippen molar-refractivity contribution >= 4 is 11.1 Å². The zero-order chi connectivity index (χ0) is 10.8. The average Bonchev–Trinajstić information content (AvgIpc) is 2.21. The molecule has 0 aliphatic rings. The fraction of sp³-hybridized carbons (Fsp3) is 0.400. The van der Waals surface area contributed by atoms with Crippen LogP contribution >= 0.6 is 0 Å². The van der Waals surface area contributed by atoms with Crippen molar-refractivity contribution in [1.82, 2.24) is 5.32 Å². The Morgan fingerprint density at radius 2 is 1.71 bits per heavy atom. The SMILES string of the molecule is CCNCC.O=S(O)c1ccccc1. The Bertz CT molecular complexity index is 250. The lowest BCUT2D eigenvalue weighted by Gasteiger charge is -1.89. The minimum absolute atomic E-state index is 0.442. The van der Waals surface area contributed by atoms with E-state index in [0.717, 1.165) is 13.1 Å². The molecule has 0 saturated heterocycles. The summed E-state index contributed by atoms with van der Waals surface area (Å²) in [5, 5.41) is 3.11. The standard InChI is InChI=1S/C6H6O2S.C4H11N/c7-9(8)6-4-2-1-3-5-6;1-3-5-4-2/h1-5H,(H,7,8);5H,3-4H2,1-2H3. The van der Waals surface area contributed by atoms with Gasteiger partial charge in [0, 0.05) is 0 Å². The van der Waals surface area contributed by atoms with E-state index in [9.17, 15) is 4.21 Å². The van der Waals surface area contributed by atoms with E-state index in [1.165, 1.54) is 0 Å². The van der Waals surface area contributed by atoms with Crippen LogP contribution in [0.4, 0.5) is 0 Å². The topological polar surface area (TPSA) is 49.3 Å². The lowest BCUT2D eigenvalue weighted by atomic mass is 10.4. The molecule has 1 atom stereocenters. The maximum Gasteiger partial charge on any atom is 0.186 e. The number of rotatable bonds is 3. The van der Waals surface area contributed by atoms with Crippen LogP contribution in [0.2, 0.25) is 0 Å². The summed E-state index contributed by atoms with van der Waals surface area (Å²) in [5.41, 5.74) is 0. The van der Waals surface area contributed by atoms with Crippen molar-refractivity contribution in [3.05, 3.63) is 30.3 Å². The third kappa shape index (κ3) is 6.77. The highest BCUT2D eigenvalue weighted by Gasteiger charge is 1.93. The van der Waals surface area contributed by atoms with Gasteiger partial charge in [0.1, 0.15) is 0 Å². The van der Waals surface area contributed by atoms with Crippen molar-refractivity contribution < 1.29 is 8.76 Å². The van der Waals surface area contributed by atoms with Crippen LogP contribution < -0.4 is 5.32 Å². The zero-order valence-electron chi connectivity index (χ0n) is 8.56. The van der Waals surface area contributed by atoms with Crippen molar-refractivity contribution in [1.29, 1.82) is 0 Å². The van der Waals surface area contributed by atoms with Crippen molar-refractivity contribution in [3.63, 3.8) is 0 Å². The molecule has 2 N–H and O–H groups in total. The lowest BCUT2D eigenvalue weighted by molar-refractivity contribution is 0.564. The number of hydrogen-bond donors (Lipinski definition) is 2. The van der Waals surface area contributed by atoms with Gasteiger partial charge < -0.3 is 9.87 Å². The second-order valence-electron chi connectivity index (χ2n) is 2.52. The fourth-order valence-corrected chi connectivity index (χ4v) is 1.18. The molecule has 1 rings (SSSR count). The van der Waals surface area contributed by atoms with Crippen molar-refractivity contribution in [3.8, 4) is 0 Å². The Morgan fingerprint density at radius 3 is 1.93 bits per heavy atom. The van der Waals surface area contributed by atoms with Gasteiger partial charge in [-0.2, -0.15) is 0 Å². The van der Waals surface area contributed by atoms with Gasteiger partial charge in [0.05, 0.1) is 4.90 Å². The Morgan fingerprint density at radius 1 is 1.21 bits per heavy atom. The summed E-state index contributed by atoms with van der Waals surface area (Å²) in [6.07, 6.45) is 0. The molecular formula is C10H17NO2S. The van der Waals surface area contributed by atoms with E-state index in [-0.39, 0.29) is 0 Å². The lowest BCUT2D eigenvalue weighted by Crippen LogP contribution is -2.09. The molecule has 80 valence electrons. The van der Waals surface area contributed by atoms with Crippen LogP contribution in [0.3, 0.4) is 0 Å². The summed E-state index contributed by atoms with van der Waals surface area (Å²) in [6.45, 7) is 6.39. The molecule has 0 radical (unpaired) electrons. The molecule has 14 heavy (non-hydrogen) atoms. The molecule has 0 aliphatic heterocycles. The quantitative estimate of drug-likeness (QED) is 0.757. The third-order valence-electron chi connectivity index (χ3n) is 1.44. The Kier molecular flexibility index (Phi) is 8.42.